The molecule has 0 radical (unpaired) electrons. The molecule has 0 unspecified atom stereocenters. The van der Waals surface area contributed by atoms with Crippen LogP contribution in [0.5, 0.6) is 11.5 Å². The highest BCUT2D eigenvalue weighted by Gasteiger charge is 2.21. The van der Waals surface area contributed by atoms with Gasteiger partial charge in [0.15, 0.2) is 0 Å². The zero-order valence-corrected chi connectivity index (χ0v) is 18.2. The Morgan fingerprint density at radius 2 is 1.66 bits per heavy atom. The largest absolute Gasteiger partial charge is 0.497 e. The summed E-state index contributed by atoms with van der Waals surface area (Å²) in [7, 11) is 3.14. The minimum absolute atomic E-state index is 0.133. The number of nitrogens with zero attached hydrogens (tertiary/aromatic N) is 2. The molecular formula is C26H26N2O4. The molecule has 0 aliphatic carbocycles. The van der Waals surface area contributed by atoms with Crippen LogP contribution in [0, 0.1) is 0 Å². The first-order valence-electron chi connectivity index (χ1n) is 10.4. The summed E-state index contributed by atoms with van der Waals surface area (Å²) in [6.07, 6.45) is 3.65. The summed E-state index contributed by atoms with van der Waals surface area (Å²) in [5, 5.41) is 0. The van der Waals surface area contributed by atoms with Gasteiger partial charge in [0.2, 0.25) is 0 Å². The van der Waals surface area contributed by atoms with Gasteiger partial charge in [-0.05, 0) is 42.0 Å². The highest BCUT2D eigenvalue weighted by molar-refractivity contribution is 5.95. The number of furan rings is 1. The van der Waals surface area contributed by atoms with Crippen LogP contribution in [0.4, 0.5) is 0 Å². The second-order valence-corrected chi connectivity index (χ2v) is 7.45. The number of benzene rings is 2. The number of methoxy groups -OCH3 is 2. The summed E-state index contributed by atoms with van der Waals surface area (Å²) in [5.74, 6) is 1.72. The molecule has 2 aromatic heterocycles. The van der Waals surface area contributed by atoms with Gasteiger partial charge in [-0.3, -0.25) is 4.79 Å². The number of aromatic nitrogens is 1. The van der Waals surface area contributed by atoms with Gasteiger partial charge in [0.1, 0.15) is 17.3 Å². The highest BCUT2D eigenvalue weighted by atomic mass is 16.5. The Labute approximate surface area is 187 Å². The molecule has 0 saturated heterocycles. The minimum atomic E-state index is -0.133. The van der Waals surface area contributed by atoms with E-state index in [0.717, 1.165) is 18.0 Å². The fourth-order valence-corrected chi connectivity index (χ4v) is 3.63. The number of rotatable bonds is 9. The van der Waals surface area contributed by atoms with Crippen LogP contribution in [0.2, 0.25) is 0 Å². The van der Waals surface area contributed by atoms with Gasteiger partial charge < -0.3 is 23.4 Å². The third-order valence-corrected chi connectivity index (χ3v) is 5.28. The Kier molecular flexibility index (Phi) is 6.60. The molecule has 2 heterocycles. The van der Waals surface area contributed by atoms with E-state index >= 15 is 0 Å². The predicted molar refractivity (Wildman–Crippen MR) is 122 cm³/mol. The minimum Gasteiger partial charge on any atom is -0.497 e. The molecule has 1 amide bonds. The van der Waals surface area contributed by atoms with Gasteiger partial charge in [-0.1, -0.05) is 30.3 Å². The first-order chi connectivity index (χ1) is 15.7. The first-order valence-corrected chi connectivity index (χ1v) is 10.4. The molecular weight excluding hydrogens is 404 g/mol. The van der Waals surface area contributed by atoms with E-state index in [-0.39, 0.29) is 5.91 Å². The van der Waals surface area contributed by atoms with Crippen LogP contribution in [0.1, 0.15) is 27.4 Å². The molecule has 0 N–H and O–H groups in total. The zero-order valence-electron chi connectivity index (χ0n) is 18.2. The third-order valence-electron chi connectivity index (χ3n) is 5.28. The molecule has 4 aromatic rings. The van der Waals surface area contributed by atoms with Crippen LogP contribution in [0.15, 0.2) is 89.7 Å². The Hall–Kier alpha value is -3.93. The van der Waals surface area contributed by atoms with Gasteiger partial charge >= 0.3 is 0 Å². The number of amides is 1. The molecule has 32 heavy (non-hydrogen) atoms. The quantitative estimate of drug-likeness (QED) is 0.375. The zero-order chi connectivity index (χ0) is 22.3. The van der Waals surface area contributed by atoms with Crippen LogP contribution in [0.3, 0.4) is 0 Å². The van der Waals surface area contributed by atoms with E-state index < -0.39 is 0 Å². The summed E-state index contributed by atoms with van der Waals surface area (Å²) in [6, 6.07) is 23.2. The van der Waals surface area contributed by atoms with Crippen molar-refractivity contribution >= 4 is 5.91 Å². The number of ether oxygens (including phenoxy) is 2. The van der Waals surface area contributed by atoms with Crippen molar-refractivity contribution in [3.05, 3.63) is 108 Å². The molecule has 0 spiro atoms. The monoisotopic (exact) mass is 430 g/mol. The number of hydrogen-bond acceptors (Lipinski definition) is 4. The van der Waals surface area contributed by atoms with Crippen LogP contribution < -0.4 is 9.47 Å². The van der Waals surface area contributed by atoms with Crippen molar-refractivity contribution in [1.82, 2.24) is 9.47 Å². The van der Waals surface area contributed by atoms with Crippen LogP contribution in [0.25, 0.3) is 0 Å². The molecule has 164 valence electrons. The average molecular weight is 431 g/mol. The number of carbonyl (C=O) groups excluding carboxylic acids is 1. The van der Waals surface area contributed by atoms with E-state index in [1.165, 1.54) is 5.56 Å². The van der Waals surface area contributed by atoms with E-state index in [4.69, 9.17) is 13.9 Å². The summed E-state index contributed by atoms with van der Waals surface area (Å²) in [5.41, 5.74) is 2.73. The van der Waals surface area contributed by atoms with Crippen LogP contribution >= 0.6 is 0 Å². The number of hydrogen-bond donors (Lipinski definition) is 0. The molecule has 0 aliphatic heterocycles. The molecule has 4 rings (SSSR count). The predicted octanol–water partition coefficient (Wildman–Crippen LogP) is 4.99. The van der Waals surface area contributed by atoms with Gasteiger partial charge in [-0.15, -0.1) is 0 Å². The average Bonchev–Trinajstić information content (AvgIpc) is 3.50. The summed E-state index contributed by atoms with van der Waals surface area (Å²) < 4.78 is 18.4. The van der Waals surface area contributed by atoms with Gasteiger partial charge in [0, 0.05) is 30.1 Å². The van der Waals surface area contributed by atoms with E-state index in [0.29, 0.717) is 30.2 Å². The lowest BCUT2D eigenvalue weighted by Crippen LogP contribution is -2.31. The van der Waals surface area contributed by atoms with Crippen molar-refractivity contribution < 1.29 is 18.7 Å². The van der Waals surface area contributed by atoms with E-state index in [9.17, 15) is 4.79 Å². The second kappa shape index (κ2) is 9.92. The van der Waals surface area contributed by atoms with Crippen molar-refractivity contribution in [2.75, 3.05) is 14.2 Å². The summed E-state index contributed by atoms with van der Waals surface area (Å²) in [6.45, 7) is 1.51. The van der Waals surface area contributed by atoms with E-state index in [1.54, 1.807) is 43.6 Å². The normalized spacial score (nSPS) is 10.7. The number of carbonyl (C=O) groups is 1. The van der Waals surface area contributed by atoms with Gasteiger partial charge in [-0.2, -0.15) is 0 Å². The SMILES string of the molecule is COc1cc(OC)cc(C(=O)N(Cc2ccco2)Cc2cccn2Cc2ccccc2)c1. The standard InChI is InChI=1S/C26H26N2O4/c1-30-24-14-21(15-25(16-24)31-2)26(29)28(19-23-11-7-13-32-23)18-22-10-6-12-27(22)17-20-8-4-3-5-9-20/h3-16H,17-19H2,1-2H3. The molecule has 2 aromatic carbocycles. The van der Waals surface area contributed by atoms with Crippen molar-refractivity contribution in [1.29, 1.82) is 0 Å². The highest BCUT2D eigenvalue weighted by Crippen LogP contribution is 2.25. The Morgan fingerprint density at radius 3 is 2.31 bits per heavy atom. The Morgan fingerprint density at radius 1 is 0.906 bits per heavy atom. The van der Waals surface area contributed by atoms with Crippen molar-refractivity contribution in [2.24, 2.45) is 0 Å². The topological polar surface area (TPSA) is 56.8 Å². The lowest BCUT2D eigenvalue weighted by molar-refractivity contribution is 0.0713. The van der Waals surface area contributed by atoms with Gasteiger partial charge in [0.25, 0.3) is 5.91 Å². The molecule has 6 heteroatoms. The maximum Gasteiger partial charge on any atom is 0.254 e. The Bertz CT molecular complexity index is 1130. The maximum absolute atomic E-state index is 13.6. The van der Waals surface area contributed by atoms with E-state index in [1.807, 2.05) is 48.7 Å². The second-order valence-electron chi connectivity index (χ2n) is 7.45. The molecule has 0 fully saturated rings. The van der Waals surface area contributed by atoms with Crippen molar-refractivity contribution in [3.63, 3.8) is 0 Å². The van der Waals surface area contributed by atoms with Gasteiger partial charge in [-0.25, -0.2) is 0 Å². The van der Waals surface area contributed by atoms with Crippen LogP contribution in [-0.2, 0) is 19.6 Å². The van der Waals surface area contributed by atoms with Crippen LogP contribution in [-0.4, -0.2) is 29.6 Å². The van der Waals surface area contributed by atoms with E-state index in [2.05, 4.69) is 16.7 Å². The van der Waals surface area contributed by atoms with Crippen molar-refractivity contribution in [3.8, 4) is 11.5 Å². The van der Waals surface area contributed by atoms with Crippen molar-refractivity contribution in [2.45, 2.75) is 19.6 Å². The summed E-state index contributed by atoms with van der Waals surface area (Å²) in [4.78, 5) is 15.3. The molecule has 0 bridgehead atoms. The third kappa shape index (κ3) is 5.03. The smallest absolute Gasteiger partial charge is 0.254 e. The molecule has 0 atom stereocenters. The molecule has 0 saturated carbocycles. The fourth-order valence-electron chi connectivity index (χ4n) is 3.63. The lowest BCUT2D eigenvalue weighted by Gasteiger charge is -2.23. The maximum atomic E-state index is 13.6. The Balaban J connectivity index is 1.62. The molecule has 6 nitrogen and oxygen atoms in total. The summed E-state index contributed by atoms with van der Waals surface area (Å²) >= 11 is 0. The first kappa shape index (κ1) is 21.3. The molecule has 0 aliphatic rings. The van der Waals surface area contributed by atoms with Gasteiger partial charge in [0.05, 0.1) is 33.6 Å². The lowest BCUT2D eigenvalue weighted by atomic mass is 10.1. The fraction of sp³-hybridized carbons (Fsp3) is 0.192.